The molecule has 1 atom stereocenters. The molecule has 6 nitrogen and oxygen atoms in total. The fourth-order valence-corrected chi connectivity index (χ4v) is 3.44. The van der Waals surface area contributed by atoms with Gasteiger partial charge >= 0.3 is 12.0 Å². The van der Waals surface area contributed by atoms with Gasteiger partial charge in [-0.1, -0.05) is 0 Å². The molecule has 120 valence electrons. The molecular weight excluding hydrogens is 272 g/mol. The number of carboxylic acid groups (broad SMARTS) is 1. The van der Waals surface area contributed by atoms with E-state index in [0.29, 0.717) is 39.0 Å². The van der Waals surface area contributed by atoms with E-state index in [0.717, 1.165) is 32.4 Å². The standard InChI is InChI=1S/C15H26N2O4/c1-21-11-5-7-15(13(18)19)6-4-10-17(12-15)14(20)16-8-2-3-9-16/h2-12H2,1H3,(H,18,19)/t15-/m1/s1. The molecular formula is C15H26N2O4. The molecule has 2 heterocycles. The van der Waals surface area contributed by atoms with Gasteiger partial charge in [0.1, 0.15) is 0 Å². The highest BCUT2D eigenvalue weighted by Crippen LogP contribution is 2.35. The van der Waals surface area contributed by atoms with Gasteiger partial charge in [-0.25, -0.2) is 4.79 Å². The minimum atomic E-state index is -0.799. The number of nitrogens with zero attached hydrogens (tertiary/aromatic N) is 2. The number of hydrogen-bond donors (Lipinski definition) is 1. The van der Waals surface area contributed by atoms with Gasteiger partial charge in [0.25, 0.3) is 0 Å². The number of carbonyl (C=O) groups excluding carboxylic acids is 1. The van der Waals surface area contributed by atoms with Gasteiger partial charge in [0.2, 0.25) is 0 Å². The van der Waals surface area contributed by atoms with E-state index in [9.17, 15) is 14.7 Å². The average molecular weight is 298 g/mol. The molecule has 0 unspecified atom stereocenters. The highest BCUT2D eigenvalue weighted by molar-refractivity contribution is 5.79. The van der Waals surface area contributed by atoms with Crippen molar-refractivity contribution in [1.29, 1.82) is 0 Å². The molecule has 2 amide bonds. The molecule has 0 aromatic heterocycles. The van der Waals surface area contributed by atoms with E-state index in [1.165, 1.54) is 0 Å². The third-order valence-corrected chi connectivity index (χ3v) is 4.68. The Hall–Kier alpha value is -1.30. The maximum Gasteiger partial charge on any atom is 0.320 e. The van der Waals surface area contributed by atoms with Gasteiger partial charge in [0.15, 0.2) is 0 Å². The highest BCUT2D eigenvalue weighted by atomic mass is 16.5. The summed E-state index contributed by atoms with van der Waals surface area (Å²) in [6.07, 6.45) is 4.80. The van der Waals surface area contributed by atoms with Crippen LogP contribution in [0, 0.1) is 5.41 Å². The third kappa shape index (κ3) is 3.67. The molecule has 2 fully saturated rings. The number of rotatable bonds is 5. The number of carbonyl (C=O) groups is 2. The van der Waals surface area contributed by atoms with Crippen molar-refractivity contribution in [3.63, 3.8) is 0 Å². The molecule has 21 heavy (non-hydrogen) atoms. The van der Waals surface area contributed by atoms with Crippen molar-refractivity contribution < 1.29 is 19.4 Å². The van der Waals surface area contributed by atoms with Crippen LogP contribution in [0.25, 0.3) is 0 Å². The second-order valence-electron chi connectivity index (χ2n) is 6.18. The van der Waals surface area contributed by atoms with Crippen LogP contribution in [-0.2, 0) is 9.53 Å². The number of piperidine rings is 1. The molecule has 0 saturated carbocycles. The Balaban J connectivity index is 2.01. The Morgan fingerprint density at radius 1 is 1.14 bits per heavy atom. The first-order valence-electron chi connectivity index (χ1n) is 7.85. The number of methoxy groups -OCH3 is 1. The van der Waals surface area contributed by atoms with Gasteiger partial charge < -0.3 is 19.6 Å². The lowest BCUT2D eigenvalue weighted by molar-refractivity contribution is -0.152. The number of ether oxygens (including phenoxy) is 1. The Bertz CT molecular complexity index is 382. The topological polar surface area (TPSA) is 70.1 Å². The lowest BCUT2D eigenvalue weighted by atomic mass is 9.76. The monoisotopic (exact) mass is 298 g/mol. The van der Waals surface area contributed by atoms with E-state index in [1.54, 1.807) is 12.0 Å². The van der Waals surface area contributed by atoms with E-state index >= 15 is 0 Å². The first-order chi connectivity index (χ1) is 10.1. The fraction of sp³-hybridized carbons (Fsp3) is 0.867. The molecule has 2 aliphatic rings. The zero-order valence-corrected chi connectivity index (χ0v) is 12.8. The van der Waals surface area contributed by atoms with Gasteiger partial charge in [-0.2, -0.15) is 0 Å². The summed E-state index contributed by atoms with van der Waals surface area (Å²) in [5.41, 5.74) is -0.799. The van der Waals surface area contributed by atoms with Crippen LogP contribution >= 0.6 is 0 Å². The first kappa shape index (κ1) is 16.1. The molecule has 0 spiro atoms. The molecule has 6 heteroatoms. The molecule has 0 aliphatic carbocycles. The molecule has 2 rings (SSSR count). The largest absolute Gasteiger partial charge is 0.481 e. The minimum Gasteiger partial charge on any atom is -0.481 e. The van der Waals surface area contributed by atoms with Gasteiger partial charge in [-0.3, -0.25) is 4.79 Å². The van der Waals surface area contributed by atoms with Crippen molar-refractivity contribution in [2.24, 2.45) is 5.41 Å². The lowest BCUT2D eigenvalue weighted by Crippen LogP contribution is -2.53. The van der Waals surface area contributed by atoms with Crippen molar-refractivity contribution >= 4 is 12.0 Å². The Labute approximate surface area is 126 Å². The smallest absolute Gasteiger partial charge is 0.320 e. The normalized spacial score (nSPS) is 26.1. The molecule has 0 aromatic rings. The maximum absolute atomic E-state index is 12.5. The van der Waals surface area contributed by atoms with E-state index in [2.05, 4.69) is 0 Å². The summed E-state index contributed by atoms with van der Waals surface area (Å²) in [6, 6.07) is 0.0181. The molecule has 2 aliphatic heterocycles. The van der Waals surface area contributed by atoms with Gasteiger partial charge in [0.05, 0.1) is 5.41 Å². The second-order valence-corrected chi connectivity index (χ2v) is 6.18. The van der Waals surface area contributed by atoms with Gasteiger partial charge in [0, 0.05) is 39.9 Å². The van der Waals surface area contributed by atoms with E-state index in [4.69, 9.17) is 4.74 Å². The van der Waals surface area contributed by atoms with E-state index in [-0.39, 0.29) is 6.03 Å². The Morgan fingerprint density at radius 2 is 1.81 bits per heavy atom. The number of likely N-dealkylation sites (tertiary alicyclic amines) is 2. The Morgan fingerprint density at radius 3 is 2.43 bits per heavy atom. The SMILES string of the molecule is COCCC[C@]1(C(=O)O)CCCN(C(=O)N2CCCC2)C1. The first-order valence-corrected chi connectivity index (χ1v) is 7.85. The second kappa shape index (κ2) is 7.11. The van der Waals surface area contributed by atoms with Crippen molar-refractivity contribution in [2.75, 3.05) is 39.9 Å². The predicted molar refractivity (Wildman–Crippen MR) is 78.2 cm³/mol. The lowest BCUT2D eigenvalue weighted by Gasteiger charge is -2.41. The summed E-state index contributed by atoms with van der Waals surface area (Å²) in [4.78, 5) is 27.8. The zero-order chi connectivity index (χ0) is 15.3. The summed E-state index contributed by atoms with van der Waals surface area (Å²) in [6.45, 7) is 3.18. The fourth-order valence-electron chi connectivity index (χ4n) is 3.44. The zero-order valence-electron chi connectivity index (χ0n) is 12.8. The predicted octanol–water partition coefficient (Wildman–Crippen LogP) is 1.80. The average Bonchev–Trinajstić information content (AvgIpc) is 3.01. The van der Waals surface area contributed by atoms with Crippen LogP contribution < -0.4 is 0 Å². The summed E-state index contributed by atoms with van der Waals surface area (Å²) >= 11 is 0. The van der Waals surface area contributed by atoms with Crippen LogP contribution in [0.4, 0.5) is 4.79 Å². The molecule has 2 saturated heterocycles. The van der Waals surface area contributed by atoms with Crippen LogP contribution in [-0.4, -0.2) is 66.8 Å². The molecule has 0 bridgehead atoms. The molecule has 0 radical (unpaired) electrons. The molecule has 1 N–H and O–H groups in total. The maximum atomic E-state index is 12.5. The van der Waals surface area contributed by atoms with Crippen molar-refractivity contribution in [3.05, 3.63) is 0 Å². The van der Waals surface area contributed by atoms with Crippen LogP contribution in [0.3, 0.4) is 0 Å². The van der Waals surface area contributed by atoms with Crippen molar-refractivity contribution in [2.45, 2.75) is 38.5 Å². The van der Waals surface area contributed by atoms with Crippen molar-refractivity contribution in [1.82, 2.24) is 9.80 Å². The third-order valence-electron chi connectivity index (χ3n) is 4.68. The summed E-state index contributed by atoms with van der Waals surface area (Å²) in [5.74, 6) is -0.780. The quantitative estimate of drug-likeness (QED) is 0.786. The van der Waals surface area contributed by atoms with Crippen LogP contribution in [0.15, 0.2) is 0 Å². The minimum absolute atomic E-state index is 0.0181. The summed E-state index contributed by atoms with van der Waals surface area (Å²) in [7, 11) is 1.62. The van der Waals surface area contributed by atoms with Gasteiger partial charge in [-0.15, -0.1) is 0 Å². The van der Waals surface area contributed by atoms with Crippen LogP contribution in [0.1, 0.15) is 38.5 Å². The van der Waals surface area contributed by atoms with E-state index < -0.39 is 11.4 Å². The number of aliphatic carboxylic acids is 1. The summed E-state index contributed by atoms with van der Waals surface area (Å²) in [5, 5.41) is 9.66. The molecule has 0 aromatic carbocycles. The highest BCUT2D eigenvalue weighted by Gasteiger charge is 2.43. The van der Waals surface area contributed by atoms with Crippen LogP contribution in [0.2, 0.25) is 0 Å². The number of amides is 2. The van der Waals surface area contributed by atoms with E-state index in [1.807, 2.05) is 4.90 Å². The Kier molecular flexibility index (Phi) is 5.45. The number of urea groups is 1. The number of hydrogen-bond acceptors (Lipinski definition) is 3. The van der Waals surface area contributed by atoms with Crippen LogP contribution in [0.5, 0.6) is 0 Å². The number of carboxylic acids is 1. The van der Waals surface area contributed by atoms with Gasteiger partial charge in [-0.05, 0) is 38.5 Å². The summed E-state index contributed by atoms with van der Waals surface area (Å²) < 4.78 is 5.03. The van der Waals surface area contributed by atoms with Crippen molar-refractivity contribution in [3.8, 4) is 0 Å².